The molecule has 0 amide bonds. The first-order chi connectivity index (χ1) is 9.81. The highest BCUT2D eigenvalue weighted by Gasteiger charge is 2.13. The lowest BCUT2D eigenvalue weighted by Crippen LogP contribution is -1.97. The van der Waals surface area contributed by atoms with Gasteiger partial charge in [0.25, 0.3) is 0 Å². The summed E-state index contributed by atoms with van der Waals surface area (Å²) in [6, 6.07) is 5.72. The number of hydrogen-bond acceptors (Lipinski definition) is 7. The molecular formula is C11H8N8S. The Kier molecular flexibility index (Phi) is 2.33. The summed E-state index contributed by atoms with van der Waals surface area (Å²) in [5.74, 6) is 0.193. The summed E-state index contributed by atoms with van der Waals surface area (Å²) in [5.41, 5.74) is 7.08. The first-order valence-corrected chi connectivity index (χ1v) is 6.57. The van der Waals surface area contributed by atoms with Crippen LogP contribution in [0.15, 0.2) is 40.8 Å². The Balaban J connectivity index is 1.86. The molecule has 4 heterocycles. The molecule has 9 heteroatoms. The highest BCUT2D eigenvalue weighted by atomic mass is 32.2. The van der Waals surface area contributed by atoms with E-state index in [9.17, 15) is 0 Å². The molecular weight excluding hydrogens is 276 g/mol. The van der Waals surface area contributed by atoms with Crippen molar-refractivity contribution in [2.45, 2.75) is 10.2 Å². The molecule has 3 N–H and O–H groups in total. The zero-order chi connectivity index (χ0) is 13.5. The second-order valence-electron chi connectivity index (χ2n) is 4.03. The number of aromatic nitrogens is 7. The van der Waals surface area contributed by atoms with Crippen LogP contribution in [0.4, 0.5) is 5.95 Å². The zero-order valence-electron chi connectivity index (χ0n) is 10.1. The predicted molar refractivity (Wildman–Crippen MR) is 73.2 cm³/mol. The zero-order valence-corrected chi connectivity index (χ0v) is 10.9. The quantitative estimate of drug-likeness (QED) is 0.531. The SMILES string of the molecule is Nc1nc(Sc2nnc3ccccn23)c2cn[nH]c2n1. The smallest absolute Gasteiger partial charge is 0.223 e. The standard InChI is InChI=1S/C11H8N8S/c12-10-14-8-6(5-13-17-8)9(15-10)20-11-18-16-7-3-1-2-4-19(7)11/h1-5H,(H3,12,13,14,15,17). The summed E-state index contributed by atoms with van der Waals surface area (Å²) in [7, 11) is 0. The van der Waals surface area contributed by atoms with Gasteiger partial charge in [-0.2, -0.15) is 10.1 Å². The number of hydrogen-bond donors (Lipinski definition) is 2. The van der Waals surface area contributed by atoms with Crippen molar-refractivity contribution in [3.05, 3.63) is 30.6 Å². The van der Waals surface area contributed by atoms with E-state index in [1.807, 2.05) is 28.8 Å². The van der Waals surface area contributed by atoms with Crippen molar-refractivity contribution in [2.24, 2.45) is 0 Å². The Hall–Kier alpha value is -2.68. The van der Waals surface area contributed by atoms with Gasteiger partial charge in [-0.3, -0.25) is 9.50 Å². The van der Waals surface area contributed by atoms with Gasteiger partial charge in [-0.15, -0.1) is 10.2 Å². The molecule has 0 aliphatic heterocycles. The predicted octanol–water partition coefficient (Wildman–Crippen LogP) is 1.13. The lowest BCUT2D eigenvalue weighted by molar-refractivity contribution is 0.918. The fourth-order valence-corrected chi connectivity index (χ4v) is 2.78. The van der Waals surface area contributed by atoms with E-state index in [4.69, 9.17) is 5.73 Å². The minimum atomic E-state index is 0.193. The topological polar surface area (TPSA) is 111 Å². The van der Waals surface area contributed by atoms with Gasteiger partial charge in [0.15, 0.2) is 11.3 Å². The number of nitrogens with two attached hydrogens (primary N) is 1. The Bertz CT molecular complexity index is 911. The fraction of sp³-hybridized carbons (Fsp3) is 0. The molecule has 0 aliphatic carbocycles. The molecule has 0 saturated carbocycles. The molecule has 0 unspecified atom stereocenters. The van der Waals surface area contributed by atoms with Crippen molar-refractivity contribution in [1.29, 1.82) is 0 Å². The number of fused-ring (bicyclic) bond motifs is 2. The first-order valence-electron chi connectivity index (χ1n) is 5.75. The van der Waals surface area contributed by atoms with Crippen LogP contribution >= 0.6 is 11.8 Å². The number of anilines is 1. The molecule has 0 fully saturated rings. The number of rotatable bonds is 2. The molecule has 0 bridgehead atoms. The van der Waals surface area contributed by atoms with E-state index in [0.29, 0.717) is 15.8 Å². The molecule has 0 spiro atoms. The van der Waals surface area contributed by atoms with Crippen LogP contribution in [0.3, 0.4) is 0 Å². The van der Waals surface area contributed by atoms with Crippen LogP contribution in [0.25, 0.3) is 16.7 Å². The van der Waals surface area contributed by atoms with E-state index in [1.54, 1.807) is 6.20 Å². The van der Waals surface area contributed by atoms with E-state index in [2.05, 4.69) is 30.4 Å². The molecule has 4 aromatic rings. The van der Waals surface area contributed by atoms with Gasteiger partial charge in [0.05, 0.1) is 11.6 Å². The molecule has 0 radical (unpaired) electrons. The van der Waals surface area contributed by atoms with Crippen LogP contribution in [0.2, 0.25) is 0 Å². The van der Waals surface area contributed by atoms with Crippen LogP contribution in [-0.2, 0) is 0 Å². The molecule has 0 aromatic carbocycles. The Morgan fingerprint density at radius 1 is 1.20 bits per heavy atom. The molecule has 0 atom stereocenters. The third-order valence-electron chi connectivity index (χ3n) is 2.76. The van der Waals surface area contributed by atoms with E-state index >= 15 is 0 Å². The minimum absolute atomic E-state index is 0.193. The number of nitrogens with zero attached hydrogens (tertiary/aromatic N) is 6. The van der Waals surface area contributed by atoms with Gasteiger partial charge < -0.3 is 5.73 Å². The average Bonchev–Trinajstić information content (AvgIpc) is 3.06. The minimum Gasteiger partial charge on any atom is -0.368 e. The van der Waals surface area contributed by atoms with Crippen molar-refractivity contribution < 1.29 is 0 Å². The Morgan fingerprint density at radius 2 is 2.15 bits per heavy atom. The highest BCUT2D eigenvalue weighted by molar-refractivity contribution is 7.99. The summed E-state index contributed by atoms with van der Waals surface area (Å²) in [5, 5.41) is 17.2. The fourth-order valence-electron chi connectivity index (χ4n) is 1.88. The normalized spacial score (nSPS) is 11.4. The number of nitrogens with one attached hydrogen (secondary N) is 1. The Labute approximate surface area is 116 Å². The van der Waals surface area contributed by atoms with Gasteiger partial charge in [0.2, 0.25) is 11.1 Å². The monoisotopic (exact) mass is 284 g/mol. The largest absolute Gasteiger partial charge is 0.368 e. The number of H-pyrrole nitrogens is 1. The van der Waals surface area contributed by atoms with Gasteiger partial charge in [0.1, 0.15) is 5.03 Å². The second kappa shape index (κ2) is 4.17. The van der Waals surface area contributed by atoms with E-state index in [-0.39, 0.29) is 5.95 Å². The van der Waals surface area contributed by atoms with Crippen molar-refractivity contribution in [3.63, 3.8) is 0 Å². The molecule has 0 saturated heterocycles. The summed E-state index contributed by atoms with van der Waals surface area (Å²) in [6.45, 7) is 0. The van der Waals surface area contributed by atoms with E-state index < -0.39 is 0 Å². The van der Waals surface area contributed by atoms with Gasteiger partial charge in [0, 0.05) is 6.20 Å². The summed E-state index contributed by atoms with van der Waals surface area (Å²) in [6.07, 6.45) is 3.56. The molecule has 4 rings (SSSR count). The number of nitrogen functional groups attached to an aromatic ring is 1. The molecule has 98 valence electrons. The summed E-state index contributed by atoms with van der Waals surface area (Å²) >= 11 is 1.37. The van der Waals surface area contributed by atoms with Gasteiger partial charge in [-0.25, -0.2) is 4.98 Å². The number of pyridine rings is 1. The van der Waals surface area contributed by atoms with Crippen LogP contribution < -0.4 is 5.73 Å². The number of aromatic amines is 1. The first kappa shape index (κ1) is 11.2. The van der Waals surface area contributed by atoms with Crippen LogP contribution in [0.5, 0.6) is 0 Å². The van der Waals surface area contributed by atoms with Crippen LogP contribution in [0.1, 0.15) is 0 Å². The Morgan fingerprint density at radius 3 is 3.10 bits per heavy atom. The molecule has 0 aliphatic rings. The molecule has 20 heavy (non-hydrogen) atoms. The average molecular weight is 284 g/mol. The lowest BCUT2D eigenvalue weighted by Gasteiger charge is -2.01. The van der Waals surface area contributed by atoms with Crippen LogP contribution in [0, 0.1) is 0 Å². The van der Waals surface area contributed by atoms with Crippen molar-refractivity contribution in [2.75, 3.05) is 5.73 Å². The second-order valence-corrected chi connectivity index (χ2v) is 4.99. The third kappa shape index (κ3) is 1.67. The van der Waals surface area contributed by atoms with E-state index in [0.717, 1.165) is 11.0 Å². The lowest BCUT2D eigenvalue weighted by atomic mass is 10.4. The summed E-state index contributed by atoms with van der Waals surface area (Å²) in [4.78, 5) is 8.32. The summed E-state index contributed by atoms with van der Waals surface area (Å²) < 4.78 is 1.88. The van der Waals surface area contributed by atoms with Gasteiger partial charge in [-0.1, -0.05) is 6.07 Å². The van der Waals surface area contributed by atoms with E-state index in [1.165, 1.54) is 11.8 Å². The maximum Gasteiger partial charge on any atom is 0.223 e. The maximum atomic E-state index is 5.70. The van der Waals surface area contributed by atoms with Crippen LogP contribution in [-0.4, -0.2) is 34.8 Å². The molecule has 4 aromatic heterocycles. The van der Waals surface area contributed by atoms with Gasteiger partial charge >= 0.3 is 0 Å². The third-order valence-corrected chi connectivity index (χ3v) is 3.73. The van der Waals surface area contributed by atoms with Gasteiger partial charge in [-0.05, 0) is 23.9 Å². The van der Waals surface area contributed by atoms with Crippen molar-refractivity contribution >= 4 is 34.4 Å². The maximum absolute atomic E-state index is 5.70. The van der Waals surface area contributed by atoms with Crippen molar-refractivity contribution in [1.82, 2.24) is 34.8 Å². The van der Waals surface area contributed by atoms with Crippen molar-refractivity contribution in [3.8, 4) is 0 Å². The molecule has 8 nitrogen and oxygen atoms in total. The highest BCUT2D eigenvalue weighted by Crippen LogP contribution is 2.30.